The summed E-state index contributed by atoms with van der Waals surface area (Å²) >= 11 is 0. The summed E-state index contributed by atoms with van der Waals surface area (Å²) in [6, 6.07) is -0.524. The number of allylic oxidation sites excluding steroid dienone is 1. The van der Waals surface area contributed by atoms with Crippen LogP contribution in [0.15, 0.2) is 28.7 Å². The van der Waals surface area contributed by atoms with Gasteiger partial charge in [0.15, 0.2) is 11.4 Å². The van der Waals surface area contributed by atoms with Crippen molar-refractivity contribution in [2.75, 3.05) is 19.8 Å². The Hall–Kier alpha value is -3.78. The minimum atomic E-state index is -5.15. The highest BCUT2D eigenvalue weighted by atomic mass is 19.4. The summed E-state index contributed by atoms with van der Waals surface area (Å²) in [7, 11) is 2.90. The van der Waals surface area contributed by atoms with Crippen LogP contribution in [0.1, 0.15) is 22.3 Å². The maximum atomic E-state index is 13.4. The summed E-state index contributed by atoms with van der Waals surface area (Å²) in [6.45, 7) is 0. The fourth-order valence-corrected chi connectivity index (χ4v) is 5.52. The topological polar surface area (TPSA) is 197 Å². The van der Waals surface area contributed by atoms with Gasteiger partial charge in [-0.25, -0.2) is 0 Å². The second kappa shape index (κ2) is 7.86. The number of hydrogen-bond acceptors (Lipinski definition) is 10. The maximum absolute atomic E-state index is 13.4. The number of primary amides is 1. The van der Waals surface area contributed by atoms with E-state index in [0.717, 1.165) is 0 Å². The number of Topliss-reactive ketones (excluding diaryl/α,β-unsaturated/α-hetero) is 2. The zero-order chi connectivity index (χ0) is 27.1. The van der Waals surface area contributed by atoms with E-state index in [0.29, 0.717) is 6.07 Å². The molecular formula is C22H22F3N3O8. The lowest BCUT2D eigenvalue weighted by molar-refractivity contribution is -0.275. The molecule has 0 fully saturated rings. The van der Waals surface area contributed by atoms with Gasteiger partial charge in [0.05, 0.1) is 17.3 Å². The number of rotatable bonds is 3. The number of carbonyl (C=O) groups is 3. The molecule has 0 saturated heterocycles. The molecule has 0 aromatic heterocycles. The lowest BCUT2D eigenvalue weighted by Gasteiger charge is -2.50. The van der Waals surface area contributed by atoms with Crippen LogP contribution in [0.3, 0.4) is 0 Å². The Balaban J connectivity index is 1.97. The highest BCUT2D eigenvalue weighted by molar-refractivity contribution is 6.25. The number of halogens is 3. The number of likely N-dealkylation sites (N-methyl/N-ethyl adjacent to an activating group) is 1. The molecule has 194 valence electrons. The number of nitrogen functional groups attached to an aromatic ring is 1. The van der Waals surface area contributed by atoms with Crippen molar-refractivity contribution in [2.45, 2.75) is 30.8 Å². The highest BCUT2D eigenvalue weighted by Crippen LogP contribution is 2.54. The summed E-state index contributed by atoms with van der Waals surface area (Å²) in [6.07, 6.45) is -5.82. The van der Waals surface area contributed by atoms with E-state index in [2.05, 4.69) is 4.74 Å². The smallest absolute Gasteiger partial charge is 0.510 e. The van der Waals surface area contributed by atoms with Gasteiger partial charge in [-0.2, -0.15) is 0 Å². The Kier molecular flexibility index (Phi) is 5.53. The molecule has 3 aliphatic rings. The molecule has 0 bridgehead atoms. The van der Waals surface area contributed by atoms with E-state index in [-0.39, 0.29) is 18.4 Å². The van der Waals surface area contributed by atoms with E-state index in [9.17, 15) is 48.0 Å². The number of aliphatic hydroxyl groups is 3. The Morgan fingerprint density at radius 1 is 1.22 bits per heavy atom. The van der Waals surface area contributed by atoms with Crippen LogP contribution in [0.5, 0.6) is 11.5 Å². The number of ether oxygens (including phenoxy) is 1. The molecule has 3 aliphatic carbocycles. The van der Waals surface area contributed by atoms with Crippen molar-refractivity contribution in [2.24, 2.45) is 17.6 Å². The van der Waals surface area contributed by atoms with Gasteiger partial charge in [-0.3, -0.25) is 19.3 Å². The van der Waals surface area contributed by atoms with Gasteiger partial charge < -0.3 is 36.6 Å². The van der Waals surface area contributed by atoms with Crippen molar-refractivity contribution in [3.63, 3.8) is 0 Å². The fourth-order valence-electron chi connectivity index (χ4n) is 5.52. The van der Waals surface area contributed by atoms with Crippen molar-refractivity contribution in [3.8, 4) is 11.5 Å². The predicted octanol–water partition coefficient (Wildman–Crippen LogP) is 0.601. The molecule has 2 unspecified atom stereocenters. The average molecular weight is 513 g/mol. The fraction of sp³-hybridized carbons (Fsp3) is 0.409. The minimum absolute atomic E-state index is 0.289. The van der Waals surface area contributed by atoms with Gasteiger partial charge in [-0.05, 0) is 32.9 Å². The first-order valence-corrected chi connectivity index (χ1v) is 10.6. The van der Waals surface area contributed by atoms with E-state index >= 15 is 0 Å². The average Bonchev–Trinajstić information content (AvgIpc) is 2.72. The molecule has 4 rings (SSSR count). The van der Waals surface area contributed by atoms with Crippen molar-refractivity contribution in [3.05, 3.63) is 39.9 Å². The molecule has 0 saturated carbocycles. The van der Waals surface area contributed by atoms with Gasteiger partial charge in [-0.1, -0.05) is 0 Å². The number of carbonyl (C=O) groups excluding carboxylic acids is 3. The van der Waals surface area contributed by atoms with Crippen LogP contribution in [-0.2, 0) is 16.0 Å². The summed E-state index contributed by atoms with van der Waals surface area (Å²) < 4.78 is 43.1. The van der Waals surface area contributed by atoms with Gasteiger partial charge in [0.2, 0.25) is 5.78 Å². The van der Waals surface area contributed by atoms with Crippen molar-refractivity contribution in [1.29, 1.82) is 0 Å². The molecule has 8 N–H and O–H groups in total. The van der Waals surface area contributed by atoms with Crippen molar-refractivity contribution >= 4 is 23.2 Å². The molecule has 36 heavy (non-hydrogen) atoms. The molecule has 4 atom stereocenters. The number of anilines is 1. The number of benzene rings is 1. The normalized spacial score (nSPS) is 28.1. The predicted molar refractivity (Wildman–Crippen MR) is 115 cm³/mol. The molecule has 11 nitrogen and oxygen atoms in total. The largest absolute Gasteiger partial charge is 0.573 e. The van der Waals surface area contributed by atoms with Crippen molar-refractivity contribution in [1.82, 2.24) is 4.90 Å². The van der Waals surface area contributed by atoms with Crippen LogP contribution in [0.25, 0.3) is 0 Å². The number of alkyl halides is 3. The summed E-state index contributed by atoms with van der Waals surface area (Å²) in [5.41, 5.74) is 4.80. The van der Waals surface area contributed by atoms with Crippen LogP contribution >= 0.6 is 0 Å². The third kappa shape index (κ3) is 3.39. The number of amides is 1. The monoisotopic (exact) mass is 513 g/mol. The summed E-state index contributed by atoms with van der Waals surface area (Å²) in [5, 5.41) is 43.7. The van der Waals surface area contributed by atoms with Crippen LogP contribution in [0, 0.1) is 11.8 Å². The van der Waals surface area contributed by atoms with Gasteiger partial charge in [0, 0.05) is 23.1 Å². The highest BCUT2D eigenvalue weighted by Gasteiger charge is 2.63. The lowest BCUT2D eigenvalue weighted by atomic mass is 9.58. The van der Waals surface area contributed by atoms with Gasteiger partial charge in [-0.15, -0.1) is 13.2 Å². The number of nitrogens with two attached hydrogens (primary N) is 2. The molecule has 14 heteroatoms. The molecular weight excluding hydrogens is 491 g/mol. The number of ketones is 2. The van der Waals surface area contributed by atoms with E-state index in [1.54, 1.807) is 0 Å². The maximum Gasteiger partial charge on any atom is 0.573 e. The number of fused-ring (bicyclic) bond motifs is 3. The number of phenolic OH excluding ortho intramolecular Hbond substituents is 1. The zero-order valence-corrected chi connectivity index (χ0v) is 18.9. The molecule has 1 amide bonds. The van der Waals surface area contributed by atoms with Crippen LogP contribution < -0.4 is 16.2 Å². The van der Waals surface area contributed by atoms with E-state index in [1.807, 2.05) is 0 Å². The van der Waals surface area contributed by atoms with Gasteiger partial charge in [0.25, 0.3) is 5.91 Å². The number of phenols is 1. The first-order chi connectivity index (χ1) is 16.5. The minimum Gasteiger partial charge on any atom is -0.510 e. The summed E-state index contributed by atoms with van der Waals surface area (Å²) in [5.74, 6) is -9.99. The van der Waals surface area contributed by atoms with Crippen LogP contribution in [0.4, 0.5) is 18.9 Å². The zero-order valence-electron chi connectivity index (χ0n) is 18.9. The van der Waals surface area contributed by atoms with Gasteiger partial charge >= 0.3 is 6.36 Å². The molecule has 1 aromatic rings. The number of hydrogen-bond donors (Lipinski definition) is 6. The quantitative estimate of drug-likeness (QED) is 0.189. The number of nitrogens with zero attached hydrogens (tertiary/aromatic N) is 1. The standard InChI is InChI=1S/C22H22F3N3O8/c1-28(2)14-8-4-6-3-7-10(36-22(23,24)25)5-9(26)15(29)12(7)16(30)11(6)18(32)21(8,35)19(33)13(17(14)31)20(27)34/h5-6,8,14,29,31-32,35H,3-4,26H2,1-2H3,(H2,27,34)/t6-,8?,14?,21-/m0/s1. The third-order valence-corrected chi connectivity index (χ3v) is 6.94. The SMILES string of the molecule is CN(C)C1C(O)=C(C(N)=O)C(=O)[C@@]2(O)C(O)=C3C(=O)c4c(O)c(N)cc(OC(F)(F)F)c4C[C@H]3CC12. The van der Waals surface area contributed by atoms with Crippen molar-refractivity contribution < 1.29 is 52.7 Å². The molecule has 0 radical (unpaired) electrons. The van der Waals surface area contributed by atoms with E-state index in [1.165, 1.54) is 19.0 Å². The molecule has 1 aromatic carbocycles. The third-order valence-electron chi connectivity index (χ3n) is 6.94. The lowest BCUT2D eigenvalue weighted by Crippen LogP contribution is -2.63. The second-order valence-corrected chi connectivity index (χ2v) is 9.18. The molecule has 0 aliphatic heterocycles. The molecule has 0 spiro atoms. The summed E-state index contributed by atoms with van der Waals surface area (Å²) in [4.78, 5) is 39.9. The first-order valence-electron chi connectivity index (χ1n) is 10.6. The number of aliphatic hydroxyl groups excluding tert-OH is 2. The first kappa shape index (κ1) is 25.3. The van der Waals surface area contributed by atoms with E-state index < -0.39 is 92.7 Å². The Morgan fingerprint density at radius 2 is 1.83 bits per heavy atom. The Bertz CT molecular complexity index is 1290. The Labute approximate surface area is 201 Å². The number of aromatic hydroxyl groups is 1. The molecule has 0 heterocycles. The Morgan fingerprint density at radius 3 is 2.36 bits per heavy atom. The van der Waals surface area contributed by atoms with Crippen LogP contribution in [-0.4, -0.2) is 74.9 Å². The second-order valence-electron chi connectivity index (χ2n) is 9.18. The van der Waals surface area contributed by atoms with Gasteiger partial charge in [0.1, 0.15) is 28.6 Å². The van der Waals surface area contributed by atoms with E-state index in [4.69, 9.17) is 11.5 Å². The van der Waals surface area contributed by atoms with Crippen LogP contribution in [0.2, 0.25) is 0 Å².